The molecule has 1 aliphatic rings. The topological polar surface area (TPSA) is 76.4 Å². The average molecular weight is 893 g/mol. The molecule has 1 saturated heterocycles. The van der Waals surface area contributed by atoms with Crippen LogP contribution in [-0.4, -0.2) is 61.5 Å². The fourth-order valence-corrected chi connectivity index (χ4v) is 9.37. The number of carbonyl (C=O) groups excluding carboxylic acids is 1. The summed E-state index contributed by atoms with van der Waals surface area (Å²) in [5.74, 6) is 0.0278. The smallest absolute Gasteiger partial charge is 0.410 e. The highest BCUT2D eigenvalue weighted by Crippen LogP contribution is 2.47. The third-order valence-electron chi connectivity index (χ3n) is 10.8. The summed E-state index contributed by atoms with van der Waals surface area (Å²) in [6, 6.07) is 36.6. The number of benzene rings is 5. The number of anilines is 1. The van der Waals surface area contributed by atoms with Crippen LogP contribution >= 0.6 is 34.2 Å². The van der Waals surface area contributed by atoms with Crippen LogP contribution in [0.3, 0.4) is 0 Å². The van der Waals surface area contributed by atoms with Gasteiger partial charge in [-0.2, -0.15) is 5.10 Å². The molecule has 0 aliphatic carbocycles. The zero-order valence-corrected chi connectivity index (χ0v) is 35.6. The van der Waals surface area contributed by atoms with Gasteiger partial charge in [0.15, 0.2) is 5.82 Å². The highest BCUT2D eigenvalue weighted by atomic mass is 127. The molecule has 2 aromatic heterocycles. The van der Waals surface area contributed by atoms with Gasteiger partial charge in [-0.15, -0.1) is 0 Å². The summed E-state index contributed by atoms with van der Waals surface area (Å²) < 4.78 is 25.9. The molecule has 11 heteroatoms. The molecule has 0 N–H and O–H groups in total. The zero-order valence-electron chi connectivity index (χ0n) is 32.7. The van der Waals surface area contributed by atoms with E-state index in [1.54, 1.807) is 11.0 Å². The molecule has 0 bridgehead atoms. The number of aryl methyl sites for hydroxylation is 1. The van der Waals surface area contributed by atoms with Crippen LogP contribution in [0.25, 0.3) is 32.9 Å². The maximum Gasteiger partial charge on any atom is 0.410 e. The van der Waals surface area contributed by atoms with Gasteiger partial charge in [-0.3, -0.25) is 0 Å². The SMILES string of the molecule is Cc1ccc2c(c(I)nn2C(c2ccccc2)(c2ccccc2)c2ccccc2)c1-c1c(Cl)cc2c(N3C[C@@H](C)N(C(=O)OC(C)(C)C)C[C@@H]3C)ncnc2c1F. The van der Waals surface area contributed by atoms with Crippen molar-refractivity contribution in [2.45, 2.75) is 64.8 Å². The Balaban J connectivity index is 1.30. The number of piperazine rings is 1. The molecule has 8 rings (SSSR count). The van der Waals surface area contributed by atoms with E-state index in [4.69, 9.17) is 21.4 Å². The Morgan fingerprint density at radius 1 is 0.825 bits per heavy atom. The molecule has 0 spiro atoms. The van der Waals surface area contributed by atoms with E-state index < -0.39 is 17.0 Å². The Kier molecular flexibility index (Phi) is 10.2. The summed E-state index contributed by atoms with van der Waals surface area (Å²) in [6.45, 7) is 12.4. The Bertz CT molecular complexity index is 2520. The maximum atomic E-state index is 17.4. The summed E-state index contributed by atoms with van der Waals surface area (Å²) in [6.07, 6.45) is 1.04. The quantitative estimate of drug-likeness (QED) is 0.122. The summed E-state index contributed by atoms with van der Waals surface area (Å²) >= 11 is 9.51. The van der Waals surface area contributed by atoms with Crippen molar-refractivity contribution in [1.82, 2.24) is 24.6 Å². The van der Waals surface area contributed by atoms with Crippen LogP contribution in [0, 0.1) is 16.4 Å². The van der Waals surface area contributed by atoms with Crippen LogP contribution in [0.2, 0.25) is 5.02 Å². The molecule has 290 valence electrons. The van der Waals surface area contributed by atoms with Gasteiger partial charge in [0, 0.05) is 47.1 Å². The third-order valence-corrected chi connectivity index (χ3v) is 11.9. The highest BCUT2D eigenvalue weighted by Gasteiger charge is 2.42. The number of ether oxygens (including phenoxy) is 1. The normalized spacial score (nSPS) is 16.4. The lowest BCUT2D eigenvalue weighted by Gasteiger charge is -2.44. The van der Waals surface area contributed by atoms with Crippen LogP contribution in [0.1, 0.15) is 56.9 Å². The van der Waals surface area contributed by atoms with Crippen LogP contribution in [0.15, 0.2) is 116 Å². The number of amides is 1. The molecule has 5 aromatic carbocycles. The van der Waals surface area contributed by atoms with Crippen LogP contribution in [0.5, 0.6) is 0 Å². The van der Waals surface area contributed by atoms with E-state index in [-0.39, 0.29) is 34.3 Å². The van der Waals surface area contributed by atoms with E-state index in [0.29, 0.717) is 33.6 Å². The third kappa shape index (κ3) is 6.70. The molecule has 3 heterocycles. The molecule has 0 unspecified atom stereocenters. The molecular weight excluding hydrogens is 850 g/mol. The molecule has 8 nitrogen and oxygen atoms in total. The van der Waals surface area contributed by atoms with Crippen molar-refractivity contribution >= 4 is 67.9 Å². The van der Waals surface area contributed by atoms with E-state index in [9.17, 15) is 4.79 Å². The van der Waals surface area contributed by atoms with Gasteiger partial charge in [0.25, 0.3) is 0 Å². The van der Waals surface area contributed by atoms with E-state index in [2.05, 4.69) is 84.6 Å². The zero-order chi connectivity index (χ0) is 40.2. The number of fused-ring (bicyclic) bond motifs is 2. The molecule has 57 heavy (non-hydrogen) atoms. The molecule has 1 fully saturated rings. The Morgan fingerprint density at radius 2 is 1.40 bits per heavy atom. The largest absolute Gasteiger partial charge is 0.444 e. The van der Waals surface area contributed by atoms with Gasteiger partial charge in [0.1, 0.15) is 32.5 Å². The van der Waals surface area contributed by atoms with Gasteiger partial charge < -0.3 is 14.5 Å². The molecule has 1 aliphatic heterocycles. The first-order valence-electron chi connectivity index (χ1n) is 19.1. The van der Waals surface area contributed by atoms with E-state index in [1.807, 2.05) is 102 Å². The number of aromatic nitrogens is 4. The first-order chi connectivity index (χ1) is 27.3. The second-order valence-corrected chi connectivity index (χ2v) is 17.2. The minimum Gasteiger partial charge on any atom is -0.444 e. The number of nitrogens with zero attached hydrogens (tertiary/aromatic N) is 6. The molecule has 2 atom stereocenters. The van der Waals surface area contributed by atoms with Crippen molar-refractivity contribution < 1.29 is 13.9 Å². The van der Waals surface area contributed by atoms with Crippen LogP contribution < -0.4 is 4.90 Å². The second kappa shape index (κ2) is 15.0. The number of carbonyl (C=O) groups is 1. The standard InChI is InChI=1S/C46H43ClFIN6O2/c1-28-22-23-36-39(42(49)52-55(36)46(31-16-10-7-11-17-31,32-18-12-8-13-19-32)33-20-14-9-15-21-33)37(28)38-35(47)24-34-41(40(38)48)50-27-51-43(34)53-25-30(3)54(26-29(53)2)44(56)57-45(4,5)6/h7-24,27,29-30H,25-26H2,1-6H3/t29-,30+/m0/s1. The van der Waals surface area contributed by atoms with Crippen molar-refractivity contribution in [3.05, 3.63) is 152 Å². The summed E-state index contributed by atoms with van der Waals surface area (Å²) in [5.41, 5.74) is 4.34. The lowest BCUT2D eigenvalue weighted by molar-refractivity contribution is 0.0130. The predicted molar refractivity (Wildman–Crippen MR) is 235 cm³/mol. The van der Waals surface area contributed by atoms with Crippen molar-refractivity contribution in [3.8, 4) is 11.1 Å². The molecule has 1 amide bonds. The monoisotopic (exact) mass is 892 g/mol. The van der Waals surface area contributed by atoms with Gasteiger partial charge in [-0.05, 0) is 98.5 Å². The van der Waals surface area contributed by atoms with Gasteiger partial charge >= 0.3 is 6.09 Å². The Labute approximate surface area is 350 Å². The number of halogens is 3. The second-order valence-electron chi connectivity index (χ2n) is 15.8. The minimum absolute atomic E-state index is 0.143. The first-order valence-corrected chi connectivity index (χ1v) is 20.5. The van der Waals surface area contributed by atoms with Crippen molar-refractivity contribution in [2.75, 3.05) is 18.0 Å². The van der Waals surface area contributed by atoms with Gasteiger partial charge in [-0.25, -0.2) is 23.8 Å². The van der Waals surface area contributed by atoms with E-state index in [1.165, 1.54) is 6.33 Å². The highest BCUT2D eigenvalue weighted by molar-refractivity contribution is 14.1. The van der Waals surface area contributed by atoms with Crippen molar-refractivity contribution in [2.24, 2.45) is 0 Å². The average Bonchev–Trinajstić information content (AvgIpc) is 3.53. The molecular formula is C46H43ClFIN6O2. The Morgan fingerprint density at radius 3 is 1.96 bits per heavy atom. The van der Waals surface area contributed by atoms with Gasteiger partial charge in [0.2, 0.25) is 0 Å². The number of hydrogen-bond donors (Lipinski definition) is 0. The first kappa shape index (κ1) is 38.8. The summed E-state index contributed by atoms with van der Waals surface area (Å²) in [4.78, 5) is 26.1. The Hall–Kier alpha value is -5.07. The number of hydrogen-bond acceptors (Lipinski definition) is 6. The number of rotatable bonds is 6. The fraction of sp³-hybridized carbons (Fsp3) is 0.261. The molecule has 7 aromatic rings. The van der Waals surface area contributed by atoms with E-state index >= 15 is 4.39 Å². The molecule has 0 radical (unpaired) electrons. The van der Waals surface area contributed by atoms with Crippen molar-refractivity contribution in [1.29, 1.82) is 0 Å². The van der Waals surface area contributed by atoms with Gasteiger partial charge in [-0.1, -0.05) is 109 Å². The van der Waals surface area contributed by atoms with E-state index in [0.717, 1.165) is 33.2 Å². The fourth-order valence-electron chi connectivity index (χ4n) is 8.33. The lowest BCUT2D eigenvalue weighted by Crippen LogP contribution is -2.59. The minimum atomic E-state index is -0.882. The van der Waals surface area contributed by atoms with Crippen molar-refractivity contribution in [3.63, 3.8) is 0 Å². The maximum absolute atomic E-state index is 17.4. The van der Waals surface area contributed by atoms with Crippen LogP contribution in [0.4, 0.5) is 15.0 Å². The summed E-state index contributed by atoms with van der Waals surface area (Å²) in [7, 11) is 0. The van der Waals surface area contributed by atoms with Gasteiger partial charge in [0.05, 0.1) is 10.5 Å². The lowest BCUT2D eigenvalue weighted by atomic mass is 9.77. The summed E-state index contributed by atoms with van der Waals surface area (Å²) in [5, 5.41) is 6.87. The van der Waals surface area contributed by atoms with Crippen LogP contribution in [-0.2, 0) is 10.3 Å². The predicted octanol–water partition coefficient (Wildman–Crippen LogP) is 11.0. The molecule has 0 saturated carbocycles.